The van der Waals surface area contributed by atoms with Crippen LogP contribution in [0, 0.1) is 6.92 Å². The second-order valence-corrected chi connectivity index (χ2v) is 6.73. The van der Waals surface area contributed by atoms with Gasteiger partial charge in [-0.15, -0.1) is 0 Å². The van der Waals surface area contributed by atoms with E-state index in [2.05, 4.69) is 15.1 Å². The van der Waals surface area contributed by atoms with Gasteiger partial charge in [0.2, 0.25) is 6.39 Å². The van der Waals surface area contributed by atoms with Gasteiger partial charge in [0.05, 0.1) is 16.1 Å². The lowest BCUT2D eigenvalue weighted by atomic mass is 9.96. The van der Waals surface area contributed by atoms with Crippen molar-refractivity contribution in [2.24, 2.45) is 0 Å². The van der Waals surface area contributed by atoms with Crippen LogP contribution in [-0.4, -0.2) is 39.0 Å². The van der Waals surface area contributed by atoms with Crippen LogP contribution in [0.1, 0.15) is 40.6 Å². The summed E-state index contributed by atoms with van der Waals surface area (Å²) in [5.74, 6) is 0.761. The molecule has 6 nitrogen and oxygen atoms in total. The number of para-hydroxylation sites is 1. The fourth-order valence-corrected chi connectivity index (χ4v) is 3.64. The van der Waals surface area contributed by atoms with Crippen molar-refractivity contribution in [1.29, 1.82) is 0 Å². The molecule has 1 amide bonds. The van der Waals surface area contributed by atoms with Gasteiger partial charge in [0, 0.05) is 30.1 Å². The van der Waals surface area contributed by atoms with E-state index < -0.39 is 0 Å². The summed E-state index contributed by atoms with van der Waals surface area (Å²) in [7, 11) is 0. The minimum Gasteiger partial charge on any atom is -0.343 e. The van der Waals surface area contributed by atoms with Crippen molar-refractivity contribution < 1.29 is 9.32 Å². The summed E-state index contributed by atoms with van der Waals surface area (Å²) in [6, 6.07) is 7.36. The van der Waals surface area contributed by atoms with Crippen LogP contribution in [0.2, 0.25) is 5.02 Å². The van der Waals surface area contributed by atoms with Crippen molar-refractivity contribution in [1.82, 2.24) is 20.0 Å². The number of rotatable bonds is 2. The SMILES string of the molecule is Cc1cc(C(=O)N2CCC[C@@H](c3ncon3)C2)c2cccc(Cl)c2n1. The number of fused-ring (bicyclic) bond motifs is 1. The van der Waals surface area contributed by atoms with Crippen molar-refractivity contribution in [3.8, 4) is 0 Å². The number of likely N-dealkylation sites (tertiary alicyclic amines) is 1. The molecule has 0 bridgehead atoms. The van der Waals surface area contributed by atoms with Crippen molar-refractivity contribution in [3.05, 3.63) is 52.8 Å². The fraction of sp³-hybridized carbons (Fsp3) is 0.333. The Morgan fingerprint density at radius 3 is 3.08 bits per heavy atom. The lowest BCUT2D eigenvalue weighted by Gasteiger charge is -2.31. The number of aromatic nitrogens is 3. The maximum absolute atomic E-state index is 13.2. The normalized spacial score (nSPS) is 17.8. The smallest absolute Gasteiger partial charge is 0.254 e. The molecule has 0 spiro atoms. The molecule has 0 aliphatic carbocycles. The number of amides is 1. The fourth-order valence-electron chi connectivity index (χ4n) is 3.42. The van der Waals surface area contributed by atoms with Gasteiger partial charge in [-0.2, -0.15) is 4.98 Å². The molecule has 0 unspecified atom stereocenters. The Kier molecular flexibility index (Phi) is 4.13. The van der Waals surface area contributed by atoms with E-state index in [0.29, 0.717) is 28.5 Å². The summed E-state index contributed by atoms with van der Waals surface area (Å²) >= 11 is 6.27. The van der Waals surface area contributed by atoms with Crippen LogP contribution in [0.15, 0.2) is 35.2 Å². The number of piperidine rings is 1. The largest absolute Gasteiger partial charge is 0.343 e. The summed E-state index contributed by atoms with van der Waals surface area (Å²) in [5.41, 5.74) is 2.08. The van der Waals surface area contributed by atoms with E-state index in [1.54, 1.807) is 6.07 Å². The molecule has 1 aromatic carbocycles. The third kappa shape index (κ3) is 2.98. The van der Waals surface area contributed by atoms with Crippen LogP contribution in [0.4, 0.5) is 0 Å². The van der Waals surface area contributed by atoms with E-state index >= 15 is 0 Å². The minimum atomic E-state index is -0.00837. The second kappa shape index (κ2) is 6.44. The van der Waals surface area contributed by atoms with E-state index in [0.717, 1.165) is 30.5 Å². The van der Waals surface area contributed by atoms with E-state index in [1.807, 2.05) is 30.0 Å². The first-order chi connectivity index (χ1) is 12.1. The highest BCUT2D eigenvalue weighted by molar-refractivity contribution is 6.35. The average molecular weight is 357 g/mol. The zero-order chi connectivity index (χ0) is 17.4. The molecule has 4 rings (SSSR count). The van der Waals surface area contributed by atoms with Crippen molar-refractivity contribution in [3.63, 3.8) is 0 Å². The number of pyridine rings is 1. The average Bonchev–Trinajstić information content (AvgIpc) is 3.16. The van der Waals surface area contributed by atoms with Gasteiger partial charge in [-0.3, -0.25) is 9.78 Å². The van der Waals surface area contributed by atoms with E-state index in [4.69, 9.17) is 16.1 Å². The molecule has 1 aliphatic rings. The van der Waals surface area contributed by atoms with Crippen molar-refractivity contribution >= 4 is 28.4 Å². The summed E-state index contributed by atoms with van der Waals surface area (Å²) in [4.78, 5) is 23.7. The van der Waals surface area contributed by atoms with Gasteiger partial charge < -0.3 is 9.42 Å². The summed E-state index contributed by atoms with van der Waals surface area (Å²) in [6.07, 6.45) is 3.19. The van der Waals surface area contributed by atoms with Gasteiger partial charge in [-0.1, -0.05) is 28.9 Å². The van der Waals surface area contributed by atoms with Gasteiger partial charge >= 0.3 is 0 Å². The number of carbonyl (C=O) groups is 1. The van der Waals surface area contributed by atoms with Crippen molar-refractivity contribution in [2.45, 2.75) is 25.7 Å². The number of carbonyl (C=O) groups excluding carboxylic acids is 1. The Labute approximate surface area is 149 Å². The Morgan fingerprint density at radius 1 is 1.40 bits per heavy atom. The molecule has 3 aromatic rings. The quantitative estimate of drug-likeness (QED) is 0.701. The van der Waals surface area contributed by atoms with Crippen LogP contribution in [-0.2, 0) is 0 Å². The molecule has 1 saturated heterocycles. The molecular formula is C18H17ClN4O2. The Morgan fingerprint density at radius 2 is 2.28 bits per heavy atom. The van der Waals surface area contributed by atoms with E-state index in [-0.39, 0.29) is 11.8 Å². The molecule has 128 valence electrons. The van der Waals surface area contributed by atoms with Crippen molar-refractivity contribution in [2.75, 3.05) is 13.1 Å². The zero-order valence-electron chi connectivity index (χ0n) is 13.8. The highest BCUT2D eigenvalue weighted by atomic mass is 35.5. The van der Waals surface area contributed by atoms with Gasteiger partial charge in [-0.25, -0.2) is 0 Å². The number of halogens is 1. The van der Waals surface area contributed by atoms with Crippen LogP contribution < -0.4 is 0 Å². The maximum Gasteiger partial charge on any atom is 0.254 e. The number of aryl methyl sites for hydroxylation is 1. The maximum atomic E-state index is 13.2. The molecule has 0 radical (unpaired) electrons. The summed E-state index contributed by atoms with van der Waals surface area (Å²) < 4.78 is 4.85. The lowest BCUT2D eigenvalue weighted by Crippen LogP contribution is -2.39. The molecule has 2 aromatic heterocycles. The molecular weight excluding hydrogens is 340 g/mol. The lowest BCUT2D eigenvalue weighted by molar-refractivity contribution is 0.0705. The predicted molar refractivity (Wildman–Crippen MR) is 93.7 cm³/mol. The summed E-state index contributed by atoms with van der Waals surface area (Å²) in [6.45, 7) is 3.18. The van der Waals surface area contributed by atoms with Gasteiger partial charge in [0.25, 0.3) is 5.91 Å². The first kappa shape index (κ1) is 16.0. The first-order valence-electron chi connectivity index (χ1n) is 8.25. The molecule has 25 heavy (non-hydrogen) atoms. The Hall–Kier alpha value is -2.47. The van der Waals surface area contributed by atoms with Gasteiger partial charge in [-0.05, 0) is 31.9 Å². The van der Waals surface area contributed by atoms with E-state index in [1.165, 1.54) is 6.39 Å². The standard InChI is InChI=1S/C18H17ClN4O2/c1-11-8-14(13-5-2-6-15(19)16(13)21-11)18(24)23-7-3-4-12(9-23)17-20-10-25-22-17/h2,5-6,8,10,12H,3-4,7,9H2,1H3/t12-/m1/s1. The highest BCUT2D eigenvalue weighted by Crippen LogP contribution is 2.29. The summed E-state index contributed by atoms with van der Waals surface area (Å²) in [5, 5.41) is 5.27. The Balaban J connectivity index is 1.69. The molecule has 3 heterocycles. The number of hydrogen-bond donors (Lipinski definition) is 0. The third-order valence-corrected chi connectivity index (χ3v) is 4.91. The molecule has 0 N–H and O–H groups in total. The number of hydrogen-bond acceptors (Lipinski definition) is 5. The molecule has 7 heteroatoms. The number of nitrogens with zero attached hydrogens (tertiary/aromatic N) is 4. The predicted octanol–water partition coefficient (Wildman–Crippen LogP) is 3.60. The van der Waals surface area contributed by atoms with Crippen LogP contribution in [0.25, 0.3) is 10.9 Å². The van der Waals surface area contributed by atoms with Crippen LogP contribution in [0.3, 0.4) is 0 Å². The zero-order valence-corrected chi connectivity index (χ0v) is 14.5. The molecule has 1 atom stereocenters. The second-order valence-electron chi connectivity index (χ2n) is 6.33. The van der Waals surface area contributed by atoms with Crippen LogP contribution >= 0.6 is 11.6 Å². The van der Waals surface area contributed by atoms with Gasteiger partial charge in [0.15, 0.2) is 5.82 Å². The Bertz CT molecular complexity index is 926. The highest BCUT2D eigenvalue weighted by Gasteiger charge is 2.29. The monoisotopic (exact) mass is 356 g/mol. The topological polar surface area (TPSA) is 72.1 Å². The van der Waals surface area contributed by atoms with Crippen LogP contribution in [0.5, 0.6) is 0 Å². The first-order valence-corrected chi connectivity index (χ1v) is 8.62. The molecule has 1 fully saturated rings. The molecule has 0 saturated carbocycles. The van der Waals surface area contributed by atoms with Gasteiger partial charge in [0.1, 0.15) is 0 Å². The minimum absolute atomic E-state index is 0.00837. The number of benzene rings is 1. The van der Waals surface area contributed by atoms with E-state index in [9.17, 15) is 4.79 Å². The third-order valence-electron chi connectivity index (χ3n) is 4.60. The molecule has 1 aliphatic heterocycles.